The summed E-state index contributed by atoms with van der Waals surface area (Å²) in [4.78, 5) is 25.7. The fraction of sp³-hybridized carbons (Fsp3) is 0.500. The number of hydrogen-bond acceptors (Lipinski definition) is 4. The molecule has 1 amide bonds. The van der Waals surface area contributed by atoms with E-state index in [9.17, 15) is 9.59 Å². The predicted octanol–water partition coefficient (Wildman–Crippen LogP) is 1.93. The van der Waals surface area contributed by atoms with E-state index in [1.165, 1.54) is 0 Å². The number of piperidine rings is 1. The molecule has 1 aliphatic rings. The van der Waals surface area contributed by atoms with Crippen LogP contribution in [0.5, 0.6) is 0 Å². The van der Waals surface area contributed by atoms with Crippen LogP contribution >= 0.6 is 0 Å². The number of ether oxygens (including phenoxy) is 1. The number of esters is 1. The highest BCUT2D eigenvalue weighted by molar-refractivity contribution is 5.91. The number of anilines is 1. The van der Waals surface area contributed by atoms with Crippen molar-refractivity contribution >= 4 is 17.6 Å². The van der Waals surface area contributed by atoms with Crippen LogP contribution in [0.2, 0.25) is 0 Å². The van der Waals surface area contributed by atoms with Crippen LogP contribution in [0.4, 0.5) is 5.69 Å². The Hall–Kier alpha value is -2.04. The van der Waals surface area contributed by atoms with Gasteiger partial charge in [0.1, 0.15) is 0 Å². The lowest BCUT2D eigenvalue weighted by molar-refractivity contribution is -0.137. The molecule has 114 valence electrons. The summed E-state index contributed by atoms with van der Waals surface area (Å²) in [6, 6.07) is 6.44. The molecule has 0 saturated carbocycles. The molecule has 5 nitrogen and oxygen atoms in total. The summed E-state index contributed by atoms with van der Waals surface area (Å²) >= 11 is 0. The van der Waals surface area contributed by atoms with Gasteiger partial charge in [-0.25, -0.2) is 4.79 Å². The minimum absolute atomic E-state index is 0.128. The number of hydrogen-bond donors (Lipinski definition) is 1. The zero-order valence-corrected chi connectivity index (χ0v) is 12.5. The van der Waals surface area contributed by atoms with E-state index in [2.05, 4.69) is 13.8 Å². The molecule has 5 heteroatoms. The predicted molar refractivity (Wildman–Crippen MR) is 80.7 cm³/mol. The van der Waals surface area contributed by atoms with Crippen molar-refractivity contribution in [2.45, 2.75) is 20.3 Å². The van der Waals surface area contributed by atoms with Crippen LogP contribution in [0.25, 0.3) is 0 Å². The van der Waals surface area contributed by atoms with Gasteiger partial charge in [0, 0.05) is 18.8 Å². The Balaban J connectivity index is 1.86. The third kappa shape index (κ3) is 4.21. The highest BCUT2D eigenvalue weighted by Crippen LogP contribution is 2.21. The topological polar surface area (TPSA) is 72.6 Å². The molecule has 1 aromatic rings. The van der Waals surface area contributed by atoms with Crippen molar-refractivity contribution < 1.29 is 14.3 Å². The summed E-state index contributed by atoms with van der Waals surface area (Å²) in [5.41, 5.74) is 6.54. The second-order valence-electron chi connectivity index (χ2n) is 5.94. The summed E-state index contributed by atoms with van der Waals surface area (Å²) in [7, 11) is 0. The van der Waals surface area contributed by atoms with Gasteiger partial charge in [-0.2, -0.15) is 0 Å². The Kier molecular flexibility index (Phi) is 4.83. The maximum atomic E-state index is 12.1. The first-order valence-corrected chi connectivity index (χ1v) is 7.26. The molecular formula is C16H22N2O3. The number of rotatable bonds is 3. The number of nitrogens with two attached hydrogens (primary N) is 1. The van der Waals surface area contributed by atoms with Crippen molar-refractivity contribution in [3.63, 3.8) is 0 Å². The van der Waals surface area contributed by atoms with Crippen molar-refractivity contribution in [2.75, 3.05) is 25.4 Å². The SMILES string of the molecule is C[C@H]1C[C@H](C)CN(C(=O)COC(=O)c2ccc(N)cc2)C1. The third-order valence-electron chi connectivity index (χ3n) is 3.69. The molecule has 2 N–H and O–H groups in total. The molecule has 2 atom stereocenters. The van der Waals surface area contributed by atoms with Crippen LogP contribution in [0, 0.1) is 11.8 Å². The molecule has 21 heavy (non-hydrogen) atoms. The third-order valence-corrected chi connectivity index (χ3v) is 3.69. The minimum atomic E-state index is -0.499. The van der Waals surface area contributed by atoms with Gasteiger partial charge in [0.25, 0.3) is 5.91 Å². The van der Waals surface area contributed by atoms with Gasteiger partial charge < -0.3 is 15.4 Å². The highest BCUT2D eigenvalue weighted by Gasteiger charge is 2.25. The lowest BCUT2D eigenvalue weighted by Gasteiger charge is -2.34. The van der Waals surface area contributed by atoms with Crippen molar-refractivity contribution in [3.05, 3.63) is 29.8 Å². The van der Waals surface area contributed by atoms with Crippen LogP contribution in [0.15, 0.2) is 24.3 Å². The number of amides is 1. The van der Waals surface area contributed by atoms with Crippen LogP contribution in [0.3, 0.4) is 0 Å². The summed E-state index contributed by atoms with van der Waals surface area (Å²) in [6.07, 6.45) is 1.13. The molecule has 2 rings (SSSR count). The molecule has 1 fully saturated rings. The molecule has 1 aromatic carbocycles. The fourth-order valence-electron chi connectivity index (χ4n) is 2.79. The number of benzene rings is 1. The van der Waals surface area contributed by atoms with Gasteiger partial charge >= 0.3 is 5.97 Å². The fourth-order valence-corrected chi connectivity index (χ4v) is 2.79. The average molecular weight is 290 g/mol. The van der Waals surface area contributed by atoms with Crippen molar-refractivity contribution in [3.8, 4) is 0 Å². The molecule has 1 saturated heterocycles. The Labute approximate surface area is 125 Å². The van der Waals surface area contributed by atoms with Gasteiger partial charge in [-0.05, 0) is 42.5 Å². The Morgan fingerprint density at radius 3 is 2.33 bits per heavy atom. The molecule has 0 aromatic heterocycles. The van der Waals surface area contributed by atoms with E-state index in [0.29, 0.717) is 23.1 Å². The lowest BCUT2D eigenvalue weighted by Crippen LogP contribution is -2.44. The Morgan fingerprint density at radius 1 is 1.19 bits per heavy atom. The normalized spacial score (nSPS) is 21.9. The van der Waals surface area contributed by atoms with E-state index in [-0.39, 0.29) is 12.5 Å². The largest absolute Gasteiger partial charge is 0.452 e. The van der Waals surface area contributed by atoms with E-state index in [4.69, 9.17) is 10.5 Å². The van der Waals surface area contributed by atoms with Gasteiger partial charge in [-0.3, -0.25) is 4.79 Å². The maximum Gasteiger partial charge on any atom is 0.338 e. The van der Waals surface area contributed by atoms with Gasteiger partial charge in [-0.1, -0.05) is 13.8 Å². The van der Waals surface area contributed by atoms with Crippen LogP contribution in [-0.4, -0.2) is 36.5 Å². The van der Waals surface area contributed by atoms with Crippen LogP contribution < -0.4 is 5.73 Å². The summed E-state index contributed by atoms with van der Waals surface area (Å²) in [6.45, 7) is 5.54. The second kappa shape index (κ2) is 6.61. The number of carbonyl (C=O) groups is 2. The molecule has 0 bridgehead atoms. The molecule has 0 aliphatic carbocycles. The smallest absolute Gasteiger partial charge is 0.338 e. The number of carbonyl (C=O) groups excluding carboxylic acids is 2. The number of likely N-dealkylation sites (tertiary alicyclic amines) is 1. The molecule has 0 unspecified atom stereocenters. The Morgan fingerprint density at radius 2 is 1.76 bits per heavy atom. The maximum absolute atomic E-state index is 12.1. The van der Waals surface area contributed by atoms with E-state index in [1.807, 2.05) is 0 Å². The first kappa shape index (κ1) is 15.4. The standard InChI is InChI=1S/C16H22N2O3/c1-11-7-12(2)9-18(8-11)15(19)10-21-16(20)13-3-5-14(17)6-4-13/h3-6,11-12H,7-10,17H2,1-2H3/t11-,12-/m0/s1. The van der Waals surface area contributed by atoms with Gasteiger partial charge in [0.2, 0.25) is 0 Å². The van der Waals surface area contributed by atoms with Gasteiger partial charge in [-0.15, -0.1) is 0 Å². The van der Waals surface area contributed by atoms with Crippen molar-refractivity contribution in [1.29, 1.82) is 0 Å². The van der Waals surface area contributed by atoms with E-state index in [1.54, 1.807) is 29.2 Å². The zero-order valence-electron chi connectivity index (χ0n) is 12.5. The van der Waals surface area contributed by atoms with Crippen LogP contribution in [0.1, 0.15) is 30.6 Å². The van der Waals surface area contributed by atoms with Crippen molar-refractivity contribution in [2.24, 2.45) is 11.8 Å². The number of nitrogen functional groups attached to an aromatic ring is 1. The van der Waals surface area contributed by atoms with Gasteiger partial charge in [0.15, 0.2) is 6.61 Å². The highest BCUT2D eigenvalue weighted by atomic mass is 16.5. The first-order chi connectivity index (χ1) is 9.95. The van der Waals surface area contributed by atoms with Crippen molar-refractivity contribution in [1.82, 2.24) is 4.90 Å². The van der Waals surface area contributed by atoms with E-state index < -0.39 is 5.97 Å². The first-order valence-electron chi connectivity index (χ1n) is 7.26. The zero-order chi connectivity index (χ0) is 15.4. The monoisotopic (exact) mass is 290 g/mol. The number of nitrogens with zero attached hydrogens (tertiary/aromatic N) is 1. The summed E-state index contributed by atoms with van der Waals surface area (Å²) in [5.74, 6) is 0.356. The molecule has 1 heterocycles. The Bertz CT molecular complexity index is 503. The molecule has 1 aliphatic heterocycles. The van der Waals surface area contributed by atoms with Gasteiger partial charge in [0.05, 0.1) is 5.56 Å². The molecular weight excluding hydrogens is 268 g/mol. The quantitative estimate of drug-likeness (QED) is 0.682. The van der Waals surface area contributed by atoms with E-state index >= 15 is 0 Å². The second-order valence-corrected chi connectivity index (χ2v) is 5.94. The average Bonchev–Trinajstić information content (AvgIpc) is 2.44. The molecule has 0 spiro atoms. The van der Waals surface area contributed by atoms with E-state index in [0.717, 1.165) is 19.5 Å². The lowest BCUT2D eigenvalue weighted by atomic mass is 9.92. The molecule has 0 radical (unpaired) electrons. The summed E-state index contributed by atoms with van der Waals surface area (Å²) in [5, 5.41) is 0. The summed E-state index contributed by atoms with van der Waals surface area (Å²) < 4.78 is 5.08. The van der Waals surface area contributed by atoms with Crippen LogP contribution in [-0.2, 0) is 9.53 Å². The minimum Gasteiger partial charge on any atom is -0.452 e.